The Kier molecular flexibility index (Phi) is 3.03. The molecule has 1 heterocycles. The van der Waals surface area contributed by atoms with Crippen LogP contribution >= 0.6 is 11.8 Å². The van der Waals surface area contributed by atoms with E-state index in [4.69, 9.17) is 4.74 Å². The number of amides is 1. The third-order valence-corrected chi connectivity index (χ3v) is 2.69. The molecule has 0 bridgehead atoms. The maximum Gasteiger partial charge on any atom is 0.263 e. The quantitative estimate of drug-likeness (QED) is 0.615. The Morgan fingerprint density at radius 3 is 2.75 bits per heavy atom. The summed E-state index contributed by atoms with van der Waals surface area (Å²) in [4.78, 5) is 13.8. The Morgan fingerprint density at radius 2 is 2.25 bits per heavy atom. The molecule has 0 spiro atoms. The normalized spacial score (nSPS) is 17.2. The van der Waals surface area contributed by atoms with Gasteiger partial charge in [-0.25, -0.2) is 0 Å². The van der Waals surface area contributed by atoms with Gasteiger partial charge in [0.2, 0.25) is 0 Å². The lowest BCUT2D eigenvalue weighted by Crippen LogP contribution is -2.25. The van der Waals surface area contributed by atoms with Crippen LogP contribution in [0.25, 0.3) is 0 Å². The fraction of sp³-hybridized carbons (Fsp3) is 0.625. The first-order chi connectivity index (χ1) is 5.63. The van der Waals surface area contributed by atoms with Crippen LogP contribution in [-0.4, -0.2) is 37.3 Å². The monoisotopic (exact) mass is 187 g/mol. The van der Waals surface area contributed by atoms with Crippen LogP contribution in [0, 0.1) is 0 Å². The SMILES string of the molecule is CC1=C(C(=O)N(C)C)SCCO1. The van der Waals surface area contributed by atoms with Gasteiger partial charge in [0.1, 0.15) is 10.7 Å². The van der Waals surface area contributed by atoms with Crippen molar-refractivity contribution in [1.82, 2.24) is 4.90 Å². The molecule has 0 aromatic carbocycles. The standard InChI is InChI=1S/C8H13NO2S/c1-6-7(8(10)9(2)3)12-5-4-11-6/h4-5H2,1-3H3. The van der Waals surface area contributed by atoms with Gasteiger partial charge in [-0.15, -0.1) is 11.8 Å². The van der Waals surface area contributed by atoms with Crippen molar-refractivity contribution in [3.05, 3.63) is 10.7 Å². The van der Waals surface area contributed by atoms with Crippen LogP contribution in [0.2, 0.25) is 0 Å². The van der Waals surface area contributed by atoms with Crippen LogP contribution in [0.4, 0.5) is 0 Å². The molecule has 0 N–H and O–H groups in total. The molecule has 68 valence electrons. The van der Waals surface area contributed by atoms with E-state index in [0.29, 0.717) is 6.61 Å². The third-order valence-electron chi connectivity index (χ3n) is 1.57. The van der Waals surface area contributed by atoms with Gasteiger partial charge in [0, 0.05) is 19.8 Å². The van der Waals surface area contributed by atoms with E-state index in [1.807, 2.05) is 6.92 Å². The molecule has 1 aliphatic rings. The van der Waals surface area contributed by atoms with Crippen molar-refractivity contribution in [2.24, 2.45) is 0 Å². The van der Waals surface area contributed by atoms with E-state index in [9.17, 15) is 4.79 Å². The molecule has 1 rings (SSSR count). The minimum Gasteiger partial charge on any atom is -0.496 e. The molecular formula is C8H13NO2S. The first-order valence-corrected chi connectivity index (χ1v) is 4.79. The third kappa shape index (κ3) is 1.94. The maximum atomic E-state index is 11.5. The average molecular weight is 187 g/mol. The van der Waals surface area contributed by atoms with Gasteiger partial charge in [0.15, 0.2) is 0 Å². The number of thioether (sulfide) groups is 1. The van der Waals surface area contributed by atoms with Gasteiger partial charge >= 0.3 is 0 Å². The van der Waals surface area contributed by atoms with E-state index in [-0.39, 0.29) is 5.91 Å². The zero-order valence-corrected chi connectivity index (χ0v) is 8.40. The van der Waals surface area contributed by atoms with Gasteiger partial charge in [-0.05, 0) is 6.92 Å². The molecule has 1 amide bonds. The summed E-state index contributed by atoms with van der Waals surface area (Å²) in [5.41, 5.74) is 0. The molecule has 12 heavy (non-hydrogen) atoms. The summed E-state index contributed by atoms with van der Waals surface area (Å²) in [6.07, 6.45) is 0. The number of likely N-dealkylation sites (N-methyl/N-ethyl adjacent to an activating group) is 1. The van der Waals surface area contributed by atoms with E-state index in [2.05, 4.69) is 0 Å². The summed E-state index contributed by atoms with van der Waals surface area (Å²) in [6, 6.07) is 0. The molecule has 0 aliphatic carbocycles. The minimum absolute atomic E-state index is 0.0391. The highest BCUT2D eigenvalue weighted by Gasteiger charge is 2.19. The second kappa shape index (κ2) is 3.85. The van der Waals surface area contributed by atoms with Crippen molar-refractivity contribution >= 4 is 17.7 Å². The Labute approximate surface area is 76.8 Å². The van der Waals surface area contributed by atoms with E-state index >= 15 is 0 Å². The van der Waals surface area contributed by atoms with Crippen LogP contribution in [0.3, 0.4) is 0 Å². The summed E-state index contributed by atoms with van der Waals surface area (Å²) in [5.74, 6) is 1.66. The predicted octanol–water partition coefficient (Wildman–Crippen LogP) is 1.07. The van der Waals surface area contributed by atoms with Gasteiger partial charge in [0.05, 0.1) is 6.61 Å². The lowest BCUT2D eigenvalue weighted by atomic mass is 10.4. The number of hydrogen-bond donors (Lipinski definition) is 0. The highest BCUT2D eigenvalue weighted by molar-refractivity contribution is 8.04. The van der Waals surface area contributed by atoms with Crippen molar-refractivity contribution in [2.45, 2.75) is 6.92 Å². The van der Waals surface area contributed by atoms with Crippen LogP contribution < -0.4 is 0 Å². The molecule has 0 unspecified atom stereocenters. The van der Waals surface area contributed by atoms with Crippen LogP contribution in [0.1, 0.15) is 6.92 Å². The molecule has 0 aromatic rings. The number of ether oxygens (including phenoxy) is 1. The highest BCUT2D eigenvalue weighted by atomic mass is 32.2. The number of rotatable bonds is 1. The molecule has 4 heteroatoms. The molecule has 3 nitrogen and oxygen atoms in total. The lowest BCUT2D eigenvalue weighted by Gasteiger charge is -2.20. The van der Waals surface area contributed by atoms with Crippen LogP contribution in [-0.2, 0) is 9.53 Å². The van der Waals surface area contributed by atoms with Gasteiger partial charge in [-0.1, -0.05) is 0 Å². The highest BCUT2D eigenvalue weighted by Crippen LogP contribution is 2.26. The Balaban J connectivity index is 2.78. The number of nitrogens with zero attached hydrogens (tertiary/aromatic N) is 1. The summed E-state index contributed by atoms with van der Waals surface area (Å²) >= 11 is 1.57. The van der Waals surface area contributed by atoms with Crippen LogP contribution in [0.5, 0.6) is 0 Å². The first-order valence-electron chi connectivity index (χ1n) is 3.81. The van der Waals surface area contributed by atoms with Gasteiger partial charge in [0.25, 0.3) is 5.91 Å². The first kappa shape index (κ1) is 9.45. The molecule has 1 aliphatic heterocycles. The molecule has 0 saturated carbocycles. The topological polar surface area (TPSA) is 29.5 Å². The molecule has 0 aromatic heterocycles. The van der Waals surface area contributed by atoms with E-state index < -0.39 is 0 Å². The van der Waals surface area contributed by atoms with E-state index in [0.717, 1.165) is 16.4 Å². The second-order valence-electron chi connectivity index (χ2n) is 2.78. The lowest BCUT2D eigenvalue weighted by molar-refractivity contribution is -0.124. The fourth-order valence-corrected chi connectivity index (χ4v) is 1.86. The van der Waals surface area contributed by atoms with E-state index in [1.165, 1.54) is 0 Å². The number of hydrogen-bond acceptors (Lipinski definition) is 3. The van der Waals surface area contributed by atoms with Crippen molar-refractivity contribution in [3.8, 4) is 0 Å². The Morgan fingerprint density at radius 1 is 1.58 bits per heavy atom. The fourth-order valence-electron chi connectivity index (χ4n) is 0.921. The van der Waals surface area contributed by atoms with Crippen molar-refractivity contribution < 1.29 is 9.53 Å². The zero-order valence-electron chi connectivity index (χ0n) is 7.59. The molecule has 0 atom stereocenters. The van der Waals surface area contributed by atoms with Gasteiger partial charge in [-0.3, -0.25) is 4.79 Å². The zero-order chi connectivity index (χ0) is 9.14. The van der Waals surface area contributed by atoms with Crippen molar-refractivity contribution in [2.75, 3.05) is 26.5 Å². The minimum atomic E-state index is 0.0391. The molecule has 0 saturated heterocycles. The summed E-state index contributed by atoms with van der Waals surface area (Å²) < 4.78 is 5.27. The van der Waals surface area contributed by atoms with Crippen molar-refractivity contribution in [3.63, 3.8) is 0 Å². The predicted molar refractivity (Wildman–Crippen MR) is 49.8 cm³/mol. The summed E-state index contributed by atoms with van der Waals surface area (Å²) in [7, 11) is 3.50. The average Bonchev–Trinajstić information content (AvgIpc) is 2.04. The number of carbonyl (C=O) groups is 1. The molecule has 0 radical (unpaired) electrons. The van der Waals surface area contributed by atoms with Crippen LogP contribution in [0.15, 0.2) is 10.7 Å². The second-order valence-corrected chi connectivity index (χ2v) is 3.89. The molecular weight excluding hydrogens is 174 g/mol. The Bertz CT molecular complexity index is 223. The summed E-state index contributed by atoms with van der Waals surface area (Å²) in [6.45, 7) is 2.55. The Hall–Kier alpha value is -0.640. The number of carbonyl (C=O) groups excluding carboxylic acids is 1. The van der Waals surface area contributed by atoms with E-state index in [1.54, 1.807) is 30.8 Å². The largest absolute Gasteiger partial charge is 0.496 e. The maximum absolute atomic E-state index is 11.5. The van der Waals surface area contributed by atoms with Crippen molar-refractivity contribution in [1.29, 1.82) is 0 Å². The molecule has 0 fully saturated rings. The smallest absolute Gasteiger partial charge is 0.263 e. The summed E-state index contributed by atoms with van der Waals surface area (Å²) in [5, 5.41) is 0. The van der Waals surface area contributed by atoms with Gasteiger partial charge < -0.3 is 9.64 Å². The number of allylic oxidation sites excluding steroid dienone is 1. The van der Waals surface area contributed by atoms with Gasteiger partial charge in [-0.2, -0.15) is 0 Å².